The van der Waals surface area contributed by atoms with Crippen molar-refractivity contribution in [3.63, 3.8) is 0 Å². The Bertz CT molecular complexity index is 796. The van der Waals surface area contributed by atoms with Gasteiger partial charge in [0.05, 0.1) is 18.9 Å². The van der Waals surface area contributed by atoms with Gasteiger partial charge >= 0.3 is 0 Å². The standard InChI is InChI=1S/C16H17N3O3S/c1-4-21-12-7-6-10(8-13(12)22-5-2)14-11(9-17)15(20)19-16(18-14)23-3/h6-8H,4-5H2,1-3H3,(H,18,19,20). The van der Waals surface area contributed by atoms with Crippen LogP contribution in [0.25, 0.3) is 11.3 Å². The number of aromatic amines is 1. The van der Waals surface area contributed by atoms with Gasteiger partial charge in [-0.15, -0.1) is 0 Å². The van der Waals surface area contributed by atoms with E-state index in [-0.39, 0.29) is 5.56 Å². The maximum absolute atomic E-state index is 12.0. The van der Waals surface area contributed by atoms with Gasteiger partial charge in [0.25, 0.3) is 5.56 Å². The molecule has 2 aromatic rings. The lowest BCUT2D eigenvalue weighted by Crippen LogP contribution is -2.14. The molecule has 120 valence electrons. The Morgan fingerprint density at radius 3 is 2.57 bits per heavy atom. The average Bonchev–Trinajstić information content (AvgIpc) is 2.56. The molecule has 0 aliphatic rings. The number of nitrogens with zero attached hydrogens (tertiary/aromatic N) is 2. The van der Waals surface area contributed by atoms with Crippen LogP contribution in [-0.2, 0) is 0 Å². The van der Waals surface area contributed by atoms with E-state index in [1.54, 1.807) is 24.5 Å². The van der Waals surface area contributed by atoms with E-state index in [2.05, 4.69) is 9.97 Å². The van der Waals surface area contributed by atoms with Gasteiger partial charge in [0.15, 0.2) is 16.7 Å². The summed E-state index contributed by atoms with van der Waals surface area (Å²) in [6.07, 6.45) is 1.80. The van der Waals surface area contributed by atoms with Gasteiger partial charge in [0, 0.05) is 5.56 Å². The van der Waals surface area contributed by atoms with Gasteiger partial charge in [-0.1, -0.05) is 11.8 Å². The minimum absolute atomic E-state index is 0.0191. The summed E-state index contributed by atoms with van der Waals surface area (Å²) in [5.74, 6) is 1.18. The summed E-state index contributed by atoms with van der Waals surface area (Å²) in [4.78, 5) is 19.0. The monoisotopic (exact) mass is 331 g/mol. The molecule has 0 saturated carbocycles. The van der Waals surface area contributed by atoms with Crippen molar-refractivity contribution in [2.75, 3.05) is 19.5 Å². The maximum atomic E-state index is 12.0. The fraction of sp³-hybridized carbons (Fsp3) is 0.312. The first-order chi connectivity index (χ1) is 11.1. The van der Waals surface area contributed by atoms with Crippen molar-refractivity contribution in [2.24, 2.45) is 0 Å². The lowest BCUT2D eigenvalue weighted by atomic mass is 10.1. The van der Waals surface area contributed by atoms with E-state index in [4.69, 9.17) is 9.47 Å². The van der Waals surface area contributed by atoms with Gasteiger partial charge in [-0.2, -0.15) is 5.26 Å². The minimum atomic E-state index is -0.450. The van der Waals surface area contributed by atoms with E-state index in [0.717, 1.165) is 0 Å². The van der Waals surface area contributed by atoms with Gasteiger partial charge in [0.1, 0.15) is 11.6 Å². The molecule has 23 heavy (non-hydrogen) atoms. The van der Waals surface area contributed by atoms with E-state index in [1.165, 1.54) is 11.8 Å². The molecule has 2 rings (SSSR count). The minimum Gasteiger partial charge on any atom is -0.490 e. The van der Waals surface area contributed by atoms with Gasteiger partial charge in [-0.3, -0.25) is 4.79 Å². The van der Waals surface area contributed by atoms with E-state index < -0.39 is 5.56 Å². The second-order valence-electron chi connectivity index (χ2n) is 4.44. The van der Waals surface area contributed by atoms with Crippen LogP contribution >= 0.6 is 11.8 Å². The highest BCUT2D eigenvalue weighted by atomic mass is 32.2. The molecule has 0 spiro atoms. The molecular weight excluding hydrogens is 314 g/mol. The van der Waals surface area contributed by atoms with E-state index in [9.17, 15) is 10.1 Å². The predicted molar refractivity (Wildman–Crippen MR) is 89.1 cm³/mol. The number of hydrogen-bond acceptors (Lipinski definition) is 6. The molecule has 0 atom stereocenters. The SMILES string of the molecule is CCOc1ccc(-c2nc(SC)[nH]c(=O)c2C#N)cc1OCC. The maximum Gasteiger partial charge on any atom is 0.270 e. The summed E-state index contributed by atoms with van der Waals surface area (Å²) in [7, 11) is 0. The number of benzene rings is 1. The van der Waals surface area contributed by atoms with Crippen LogP contribution in [0.5, 0.6) is 11.5 Å². The molecular formula is C16H17N3O3S. The highest BCUT2D eigenvalue weighted by molar-refractivity contribution is 7.98. The number of H-pyrrole nitrogens is 1. The van der Waals surface area contributed by atoms with Crippen LogP contribution in [0.1, 0.15) is 19.4 Å². The zero-order valence-electron chi connectivity index (χ0n) is 13.2. The first-order valence-electron chi connectivity index (χ1n) is 7.13. The fourth-order valence-corrected chi connectivity index (χ4v) is 2.44. The number of aromatic nitrogens is 2. The summed E-state index contributed by atoms with van der Waals surface area (Å²) < 4.78 is 11.1. The largest absolute Gasteiger partial charge is 0.490 e. The van der Waals surface area contributed by atoms with Crippen LogP contribution in [0.2, 0.25) is 0 Å². The molecule has 1 N–H and O–H groups in total. The number of nitriles is 1. The third-order valence-corrected chi connectivity index (χ3v) is 3.60. The van der Waals surface area contributed by atoms with Crippen LogP contribution in [0.4, 0.5) is 0 Å². The molecule has 0 aliphatic heterocycles. The van der Waals surface area contributed by atoms with Gasteiger partial charge < -0.3 is 14.5 Å². The normalized spacial score (nSPS) is 10.2. The van der Waals surface area contributed by atoms with E-state index in [0.29, 0.717) is 41.1 Å². The topological polar surface area (TPSA) is 88.0 Å². The molecule has 0 amide bonds. The molecule has 0 aliphatic carbocycles. The van der Waals surface area contributed by atoms with Crippen LogP contribution in [0.3, 0.4) is 0 Å². The van der Waals surface area contributed by atoms with E-state index in [1.807, 2.05) is 19.9 Å². The molecule has 1 aromatic carbocycles. The molecule has 1 aromatic heterocycles. The molecule has 0 radical (unpaired) electrons. The van der Waals surface area contributed by atoms with Crippen molar-refractivity contribution >= 4 is 11.8 Å². The van der Waals surface area contributed by atoms with E-state index >= 15 is 0 Å². The molecule has 0 unspecified atom stereocenters. The number of hydrogen-bond donors (Lipinski definition) is 1. The molecule has 6 nitrogen and oxygen atoms in total. The summed E-state index contributed by atoms with van der Waals surface area (Å²) >= 11 is 1.30. The Morgan fingerprint density at radius 1 is 1.26 bits per heavy atom. The summed E-state index contributed by atoms with van der Waals surface area (Å²) in [6, 6.07) is 7.18. The van der Waals surface area contributed by atoms with Gasteiger partial charge in [-0.25, -0.2) is 4.98 Å². The second kappa shape index (κ2) is 7.70. The molecule has 0 bridgehead atoms. The molecule has 1 heterocycles. The van der Waals surface area contributed by atoms with Crippen molar-refractivity contribution in [1.29, 1.82) is 5.26 Å². The third kappa shape index (κ3) is 3.66. The highest BCUT2D eigenvalue weighted by Crippen LogP contribution is 2.33. The number of nitrogens with one attached hydrogen (secondary N) is 1. The van der Waals surface area contributed by atoms with Crippen molar-refractivity contribution in [2.45, 2.75) is 19.0 Å². The Hall–Kier alpha value is -2.46. The highest BCUT2D eigenvalue weighted by Gasteiger charge is 2.15. The van der Waals surface area contributed by atoms with Crippen molar-refractivity contribution in [3.05, 3.63) is 34.1 Å². The van der Waals surface area contributed by atoms with Crippen molar-refractivity contribution < 1.29 is 9.47 Å². The van der Waals surface area contributed by atoms with Crippen LogP contribution in [-0.4, -0.2) is 29.4 Å². The Kier molecular flexibility index (Phi) is 5.66. The van der Waals surface area contributed by atoms with Crippen molar-refractivity contribution in [3.8, 4) is 28.8 Å². The number of rotatable bonds is 6. The Morgan fingerprint density at radius 2 is 1.96 bits per heavy atom. The molecule has 7 heteroatoms. The Balaban J connectivity index is 2.62. The number of ether oxygens (including phenoxy) is 2. The summed E-state index contributed by atoms with van der Waals surface area (Å²) in [5.41, 5.74) is 0.502. The lowest BCUT2D eigenvalue weighted by molar-refractivity contribution is 0.288. The predicted octanol–water partition coefficient (Wildman–Crippen LogP) is 2.83. The fourth-order valence-electron chi connectivity index (χ4n) is 2.06. The van der Waals surface area contributed by atoms with Crippen LogP contribution in [0, 0.1) is 11.3 Å². The van der Waals surface area contributed by atoms with Crippen LogP contribution in [0.15, 0.2) is 28.2 Å². The van der Waals surface area contributed by atoms with Crippen molar-refractivity contribution in [1.82, 2.24) is 9.97 Å². The average molecular weight is 331 g/mol. The quantitative estimate of drug-likeness (QED) is 0.647. The summed E-state index contributed by atoms with van der Waals surface area (Å²) in [6.45, 7) is 4.76. The van der Waals surface area contributed by atoms with Gasteiger partial charge in [0.2, 0.25) is 0 Å². The zero-order chi connectivity index (χ0) is 16.8. The Labute approximate surface area is 138 Å². The second-order valence-corrected chi connectivity index (χ2v) is 5.23. The third-order valence-electron chi connectivity index (χ3n) is 3.02. The number of thioether (sulfide) groups is 1. The van der Waals surface area contributed by atoms with Gasteiger partial charge in [-0.05, 0) is 38.3 Å². The van der Waals surface area contributed by atoms with Crippen LogP contribution < -0.4 is 15.0 Å². The lowest BCUT2D eigenvalue weighted by Gasteiger charge is -2.13. The zero-order valence-corrected chi connectivity index (χ0v) is 14.0. The molecule has 0 fully saturated rings. The smallest absolute Gasteiger partial charge is 0.270 e. The first kappa shape index (κ1) is 16.9. The molecule has 0 saturated heterocycles. The summed E-state index contributed by atoms with van der Waals surface area (Å²) in [5, 5.41) is 9.72. The first-order valence-corrected chi connectivity index (χ1v) is 8.35.